The van der Waals surface area contributed by atoms with Crippen molar-refractivity contribution in [1.29, 1.82) is 0 Å². The maximum absolute atomic E-state index is 5.73. The molecule has 0 radical (unpaired) electrons. The third-order valence-corrected chi connectivity index (χ3v) is 5.47. The van der Waals surface area contributed by atoms with E-state index >= 15 is 0 Å². The van der Waals surface area contributed by atoms with Crippen LogP contribution >= 0.6 is 0 Å². The van der Waals surface area contributed by atoms with Crippen molar-refractivity contribution in [2.45, 2.75) is 12.8 Å². The van der Waals surface area contributed by atoms with Gasteiger partial charge in [-0.25, -0.2) is 0 Å². The number of benzene rings is 1. The number of rotatable bonds is 5. The van der Waals surface area contributed by atoms with Crippen molar-refractivity contribution in [3.63, 3.8) is 0 Å². The molecule has 170 valence electrons. The predicted molar refractivity (Wildman–Crippen MR) is 118 cm³/mol. The Morgan fingerprint density at radius 3 is 1.60 bits per heavy atom. The molecule has 0 atom stereocenters. The zero-order chi connectivity index (χ0) is 20.7. The molecule has 0 aromatic heterocycles. The SMILES string of the molecule is c1cc(N2CCOCCOCCOCCOCC2)ccc1CCCN1CCOCC1. The third kappa shape index (κ3) is 9.29. The first kappa shape index (κ1) is 23.4. The zero-order valence-corrected chi connectivity index (χ0v) is 18.3. The Kier molecular flexibility index (Phi) is 11.5. The summed E-state index contributed by atoms with van der Waals surface area (Å²) in [4.78, 5) is 4.83. The molecule has 2 fully saturated rings. The van der Waals surface area contributed by atoms with Gasteiger partial charge in [-0.3, -0.25) is 4.90 Å². The van der Waals surface area contributed by atoms with Crippen molar-refractivity contribution < 1.29 is 23.7 Å². The lowest BCUT2D eigenvalue weighted by molar-refractivity contribution is 0.00206. The normalized spacial score (nSPS) is 21.7. The minimum absolute atomic E-state index is 0.605. The first-order valence-corrected chi connectivity index (χ1v) is 11.4. The first-order valence-electron chi connectivity index (χ1n) is 11.4. The monoisotopic (exact) mass is 422 g/mol. The number of nitrogens with zero attached hydrogens (tertiary/aromatic N) is 2. The van der Waals surface area contributed by atoms with Crippen LogP contribution in [0.5, 0.6) is 0 Å². The van der Waals surface area contributed by atoms with Crippen LogP contribution in [-0.4, -0.2) is 104 Å². The number of anilines is 1. The van der Waals surface area contributed by atoms with Gasteiger partial charge in [0.1, 0.15) is 0 Å². The summed E-state index contributed by atoms with van der Waals surface area (Å²) in [6.45, 7) is 11.7. The lowest BCUT2D eigenvalue weighted by atomic mass is 10.1. The van der Waals surface area contributed by atoms with Crippen LogP contribution in [0.3, 0.4) is 0 Å². The molecule has 0 amide bonds. The fourth-order valence-electron chi connectivity index (χ4n) is 3.69. The highest BCUT2D eigenvalue weighted by Crippen LogP contribution is 2.16. The van der Waals surface area contributed by atoms with Gasteiger partial charge in [0.05, 0.1) is 66.1 Å². The summed E-state index contributed by atoms with van der Waals surface area (Å²) in [7, 11) is 0. The van der Waals surface area contributed by atoms with Gasteiger partial charge < -0.3 is 28.6 Å². The van der Waals surface area contributed by atoms with Crippen LogP contribution in [0.4, 0.5) is 5.69 Å². The lowest BCUT2D eigenvalue weighted by Gasteiger charge is -2.26. The summed E-state index contributed by atoms with van der Waals surface area (Å²) < 4.78 is 27.9. The van der Waals surface area contributed by atoms with Gasteiger partial charge in [0.2, 0.25) is 0 Å². The molecule has 0 unspecified atom stereocenters. The van der Waals surface area contributed by atoms with Crippen molar-refractivity contribution in [2.24, 2.45) is 0 Å². The molecule has 0 spiro atoms. The molecule has 0 aliphatic carbocycles. The summed E-state index contributed by atoms with van der Waals surface area (Å²) in [5.41, 5.74) is 2.61. The number of aryl methyl sites for hydroxylation is 1. The molecular weight excluding hydrogens is 384 g/mol. The van der Waals surface area contributed by atoms with Gasteiger partial charge in [0, 0.05) is 31.9 Å². The van der Waals surface area contributed by atoms with Gasteiger partial charge in [-0.05, 0) is 37.1 Å². The molecule has 1 aromatic carbocycles. The Morgan fingerprint density at radius 2 is 1.03 bits per heavy atom. The fourth-order valence-corrected chi connectivity index (χ4v) is 3.69. The average molecular weight is 423 g/mol. The molecule has 1 aromatic rings. The zero-order valence-electron chi connectivity index (χ0n) is 18.3. The number of hydrogen-bond donors (Lipinski definition) is 0. The third-order valence-electron chi connectivity index (χ3n) is 5.47. The molecule has 2 saturated heterocycles. The molecular formula is C23H38N2O5. The molecule has 2 aliphatic heterocycles. The van der Waals surface area contributed by atoms with Crippen LogP contribution < -0.4 is 4.90 Å². The maximum Gasteiger partial charge on any atom is 0.0701 e. The number of hydrogen-bond acceptors (Lipinski definition) is 7. The first-order chi connectivity index (χ1) is 14.9. The van der Waals surface area contributed by atoms with E-state index < -0.39 is 0 Å². The lowest BCUT2D eigenvalue weighted by Crippen LogP contribution is -2.36. The second kappa shape index (κ2) is 14.7. The van der Waals surface area contributed by atoms with Crippen LogP contribution in [0.2, 0.25) is 0 Å². The van der Waals surface area contributed by atoms with Crippen LogP contribution in [-0.2, 0) is 30.1 Å². The molecule has 7 heteroatoms. The minimum Gasteiger partial charge on any atom is -0.379 e. The maximum atomic E-state index is 5.73. The Hall–Kier alpha value is -1.22. The van der Waals surface area contributed by atoms with E-state index in [1.54, 1.807) is 0 Å². The summed E-state index contributed by atoms with van der Waals surface area (Å²) in [6, 6.07) is 8.97. The highest BCUT2D eigenvalue weighted by molar-refractivity contribution is 5.47. The van der Waals surface area contributed by atoms with Crippen molar-refractivity contribution in [3.05, 3.63) is 29.8 Å². The Balaban J connectivity index is 1.44. The van der Waals surface area contributed by atoms with Crippen LogP contribution in [0.25, 0.3) is 0 Å². The van der Waals surface area contributed by atoms with E-state index in [-0.39, 0.29) is 0 Å². The largest absolute Gasteiger partial charge is 0.379 e. The van der Waals surface area contributed by atoms with E-state index in [1.165, 1.54) is 17.7 Å². The van der Waals surface area contributed by atoms with Gasteiger partial charge in [0.25, 0.3) is 0 Å². The number of ether oxygens (including phenoxy) is 5. The van der Waals surface area contributed by atoms with Gasteiger partial charge in [-0.15, -0.1) is 0 Å². The smallest absolute Gasteiger partial charge is 0.0701 e. The molecule has 7 nitrogen and oxygen atoms in total. The van der Waals surface area contributed by atoms with Gasteiger partial charge >= 0.3 is 0 Å². The van der Waals surface area contributed by atoms with Crippen molar-refractivity contribution >= 4 is 5.69 Å². The molecule has 30 heavy (non-hydrogen) atoms. The van der Waals surface area contributed by atoms with E-state index in [1.807, 2.05) is 0 Å². The Labute approximate surface area is 181 Å². The average Bonchev–Trinajstić information content (AvgIpc) is 2.80. The van der Waals surface area contributed by atoms with Gasteiger partial charge in [0.15, 0.2) is 0 Å². The Bertz CT molecular complexity index is 535. The Morgan fingerprint density at radius 1 is 0.567 bits per heavy atom. The predicted octanol–water partition coefficient (Wildman–Crippen LogP) is 1.84. The standard InChI is InChI=1S/C23H38N2O5/c1(7-24-8-12-26-13-9-24)2-22-3-5-23(6-4-22)25-10-14-27-16-18-29-20-21-30-19-17-28-15-11-25/h3-6H,1-2,7-21H2. The second-order valence-electron chi connectivity index (χ2n) is 7.66. The topological polar surface area (TPSA) is 52.6 Å². The van der Waals surface area contributed by atoms with E-state index in [2.05, 4.69) is 34.1 Å². The van der Waals surface area contributed by atoms with E-state index in [0.717, 1.165) is 52.4 Å². The van der Waals surface area contributed by atoms with Crippen molar-refractivity contribution in [3.8, 4) is 0 Å². The van der Waals surface area contributed by atoms with E-state index in [0.29, 0.717) is 52.9 Å². The minimum atomic E-state index is 0.605. The van der Waals surface area contributed by atoms with Gasteiger partial charge in [-0.1, -0.05) is 12.1 Å². The highest BCUT2D eigenvalue weighted by atomic mass is 16.6. The molecule has 0 bridgehead atoms. The van der Waals surface area contributed by atoms with E-state index in [4.69, 9.17) is 23.7 Å². The van der Waals surface area contributed by atoms with Crippen LogP contribution in [0, 0.1) is 0 Å². The molecule has 0 N–H and O–H groups in total. The van der Waals surface area contributed by atoms with Crippen molar-refractivity contribution in [2.75, 3.05) is 104 Å². The number of morpholine rings is 1. The molecule has 0 saturated carbocycles. The molecule has 2 aliphatic rings. The quantitative estimate of drug-likeness (QED) is 0.718. The van der Waals surface area contributed by atoms with E-state index in [9.17, 15) is 0 Å². The summed E-state index contributed by atoms with van der Waals surface area (Å²) in [5.74, 6) is 0. The highest BCUT2D eigenvalue weighted by Gasteiger charge is 2.10. The van der Waals surface area contributed by atoms with Crippen LogP contribution in [0.1, 0.15) is 12.0 Å². The van der Waals surface area contributed by atoms with Crippen LogP contribution in [0.15, 0.2) is 24.3 Å². The van der Waals surface area contributed by atoms with Gasteiger partial charge in [-0.2, -0.15) is 0 Å². The molecule has 2 heterocycles. The second-order valence-corrected chi connectivity index (χ2v) is 7.66. The fraction of sp³-hybridized carbons (Fsp3) is 0.739. The summed E-state index contributed by atoms with van der Waals surface area (Å²) in [5, 5.41) is 0. The molecule has 3 rings (SSSR count). The van der Waals surface area contributed by atoms with Crippen molar-refractivity contribution in [1.82, 2.24) is 4.90 Å². The summed E-state index contributed by atoms with van der Waals surface area (Å²) in [6.07, 6.45) is 2.30. The summed E-state index contributed by atoms with van der Waals surface area (Å²) >= 11 is 0.